The topological polar surface area (TPSA) is 0 Å². The molecule has 1 rings (SSSR count). The van der Waals surface area contributed by atoms with Crippen molar-refractivity contribution in [3.63, 3.8) is 0 Å². The van der Waals surface area contributed by atoms with Crippen molar-refractivity contribution in [1.82, 2.24) is 0 Å². The third-order valence-corrected chi connectivity index (χ3v) is 7.02. The average molecular weight is 233 g/mol. The Bertz CT molecular complexity index is 257. The minimum atomic E-state index is -1.60. The van der Waals surface area contributed by atoms with Crippen LogP contribution in [0.4, 0.5) is 0 Å². The van der Waals surface area contributed by atoms with E-state index in [0.717, 1.165) is 6.42 Å². The lowest BCUT2D eigenvalue weighted by molar-refractivity contribution is 0.669. The molecule has 3 heteroatoms. The molecule has 0 fully saturated rings. The standard InChI is InChI=1S/C10H14Cl2Si/c1-10(2,13(11)12)8-9-6-4-3-5-7-9/h3-7,13H,8H2,1-2H3. The monoisotopic (exact) mass is 232 g/mol. The zero-order valence-electron chi connectivity index (χ0n) is 7.93. The Labute approximate surface area is 90.9 Å². The molecule has 1 aromatic rings. The third-order valence-electron chi connectivity index (χ3n) is 2.09. The largest absolute Gasteiger partial charge is 0.242 e. The van der Waals surface area contributed by atoms with Gasteiger partial charge in [0.05, 0.1) is 0 Å². The van der Waals surface area contributed by atoms with Gasteiger partial charge in [0.1, 0.15) is 0 Å². The van der Waals surface area contributed by atoms with Gasteiger partial charge in [-0.2, -0.15) is 0 Å². The van der Waals surface area contributed by atoms with Crippen LogP contribution in [0.3, 0.4) is 0 Å². The van der Waals surface area contributed by atoms with E-state index in [0.29, 0.717) is 0 Å². The lowest BCUT2D eigenvalue weighted by Gasteiger charge is -2.24. The molecule has 0 bridgehead atoms. The van der Waals surface area contributed by atoms with Gasteiger partial charge in [-0.1, -0.05) is 44.2 Å². The summed E-state index contributed by atoms with van der Waals surface area (Å²) in [7, 11) is -1.60. The minimum absolute atomic E-state index is 0.0739. The molecule has 0 radical (unpaired) electrons. The summed E-state index contributed by atoms with van der Waals surface area (Å²) >= 11 is 12.0. The van der Waals surface area contributed by atoms with E-state index in [1.54, 1.807) is 0 Å². The van der Waals surface area contributed by atoms with E-state index in [1.807, 2.05) is 18.2 Å². The zero-order valence-corrected chi connectivity index (χ0v) is 10.6. The second-order valence-electron chi connectivity index (χ2n) is 3.95. The van der Waals surface area contributed by atoms with E-state index >= 15 is 0 Å². The molecule has 0 atom stereocenters. The SMILES string of the molecule is CC(C)(Cc1ccccc1)[SiH](Cl)Cl. The van der Waals surface area contributed by atoms with Crippen LogP contribution in [0.2, 0.25) is 5.04 Å². The predicted molar refractivity (Wildman–Crippen MR) is 63.0 cm³/mol. The van der Waals surface area contributed by atoms with E-state index < -0.39 is 7.42 Å². The van der Waals surface area contributed by atoms with Gasteiger partial charge in [0.25, 0.3) is 0 Å². The van der Waals surface area contributed by atoms with Crippen molar-refractivity contribution in [2.24, 2.45) is 0 Å². The Balaban J connectivity index is 2.69. The summed E-state index contributed by atoms with van der Waals surface area (Å²) in [5.41, 5.74) is 1.31. The van der Waals surface area contributed by atoms with Gasteiger partial charge in [0.15, 0.2) is 0 Å². The van der Waals surface area contributed by atoms with Crippen molar-refractivity contribution in [3.8, 4) is 0 Å². The van der Waals surface area contributed by atoms with Crippen molar-refractivity contribution in [3.05, 3.63) is 35.9 Å². The van der Waals surface area contributed by atoms with Crippen molar-refractivity contribution < 1.29 is 0 Å². The minimum Gasteiger partial charge on any atom is -0.150 e. The maximum Gasteiger partial charge on any atom is 0.242 e. The second kappa shape index (κ2) is 4.49. The summed E-state index contributed by atoms with van der Waals surface area (Å²) in [4.78, 5) is 0. The predicted octanol–water partition coefficient (Wildman–Crippen LogP) is 3.71. The van der Waals surface area contributed by atoms with E-state index in [1.165, 1.54) is 5.56 Å². The van der Waals surface area contributed by atoms with E-state index in [2.05, 4.69) is 26.0 Å². The van der Waals surface area contributed by atoms with Crippen molar-refractivity contribution in [1.29, 1.82) is 0 Å². The van der Waals surface area contributed by atoms with E-state index in [9.17, 15) is 0 Å². The number of hydrogen-bond donors (Lipinski definition) is 0. The summed E-state index contributed by atoms with van der Waals surface area (Å²) < 4.78 is 0. The first kappa shape index (κ1) is 11.1. The van der Waals surface area contributed by atoms with Crippen LogP contribution in [0, 0.1) is 0 Å². The molecule has 13 heavy (non-hydrogen) atoms. The Morgan fingerprint density at radius 1 is 1.15 bits per heavy atom. The molecule has 0 spiro atoms. The summed E-state index contributed by atoms with van der Waals surface area (Å²) in [6, 6.07) is 10.3. The smallest absolute Gasteiger partial charge is 0.150 e. The molecule has 0 aromatic heterocycles. The number of benzene rings is 1. The molecule has 0 heterocycles. The van der Waals surface area contributed by atoms with Crippen LogP contribution in [-0.2, 0) is 6.42 Å². The third kappa shape index (κ3) is 3.33. The van der Waals surface area contributed by atoms with Gasteiger partial charge in [-0.05, 0) is 17.0 Å². The summed E-state index contributed by atoms with van der Waals surface area (Å²) in [5.74, 6) is 0. The maximum atomic E-state index is 6.02. The molecule has 0 saturated heterocycles. The van der Waals surface area contributed by atoms with E-state index in [4.69, 9.17) is 22.2 Å². The van der Waals surface area contributed by atoms with Crippen LogP contribution in [-0.4, -0.2) is 7.42 Å². The fraction of sp³-hybridized carbons (Fsp3) is 0.400. The highest BCUT2D eigenvalue weighted by Gasteiger charge is 2.28. The van der Waals surface area contributed by atoms with Gasteiger partial charge in [-0.15, -0.1) is 22.2 Å². The Kier molecular flexibility index (Phi) is 3.83. The fourth-order valence-corrected chi connectivity index (χ4v) is 2.05. The zero-order chi connectivity index (χ0) is 9.90. The molecule has 0 aliphatic carbocycles. The maximum absolute atomic E-state index is 6.02. The van der Waals surface area contributed by atoms with Gasteiger partial charge in [0, 0.05) is 0 Å². The molecular weight excluding hydrogens is 219 g/mol. The molecule has 0 unspecified atom stereocenters. The van der Waals surface area contributed by atoms with Gasteiger partial charge in [0.2, 0.25) is 7.42 Å². The van der Waals surface area contributed by atoms with Crippen LogP contribution in [0.25, 0.3) is 0 Å². The molecule has 0 aliphatic heterocycles. The van der Waals surface area contributed by atoms with Crippen LogP contribution < -0.4 is 0 Å². The van der Waals surface area contributed by atoms with E-state index in [-0.39, 0.29) is 5.04 Å². The first-order valence-electron chi connectivity index (χ1n) is 4.34. The summed E-state index contributed by atoms with van der Waals surface area (Å²) in [6.07, 6.45) is 0.970. The first-order chi connectivity index (χ1) is 6.02. The Hall–Kier alpha value is 0.0169. The molecule has 72 valence electrons. The lowest BCUT2D eigenvalue weighted by atomic mass is 10.0. The fourth-order valence-electron chi connectivity index (χ4n) is 1.20. The summed E-state index contributed by atoms with van der Waals surface area (Å²) in [5, 5.41) is 0.0739. The van der Waals surface area contributed by atoms with Crippen LogP contribution in [0.5, 0.6) is 0 Å². The quantitative estimate of drug-likeness (QED) is 0.551. The van der Waals surface area contributed by atoms with Crippen LogP contribution in [0.1, 0.15) is 19.4 Å². The Morgan fingerprint density at radius 3 is 2.15 bits per heavy atom. The van der Waals surface area contributed by atoms with Crippen molar-refractivity contribution >= 4 is 29.6 Å². The molecule has 0 aliphatic rings. The highest BCUT2D eigenvalue weighted by Crippen LogP contribution is 2.36. The number of hydrogen-bond acceptors (Lipinski definition) is 0. The molecule has 0 N–H and O–H groups in total. The van der Waals surface area contributed by atoms with Gasteiger partial charge < -0.3 is 0 Å². The second-order valence-corrected chi connectivity index (χ2v) is 9.40. The average Bonchev–Trinajstić information content (AvgIpc) is 2.05. The van der Waals surface area contributed by atoms with Crippen molar-refractivity contribution in [2.45, 2.75) is 25.3 Å². The normalized spacial score (nSPS) is 12.1. The van der Waals surface area contributed by atoms with Gasteiger partial charge in [-0.25, -0.2) is 0 Å². The van der Waals surface area contributed by atoms with Gasteiger partial charge in [-0.3, -0.25) is 0 Å². The molecule has 0 amide bonds. The van der Waals surface area contributed by atoms with Gasteiger partial charge >= 0.3 is 0 Å². The lowest BCUT2D eigenvalue weighted by Crippen LogP contribution is -2.19. The molecule has 0 saturated carbocycles. The molecule has 1 aromatic carbocycles. The molecule has 0 nitrogen and oxygen atoms in total. The molecular formula is C10H14Cl2Si. The van der Waals surface area contributed by atoms with Crippen LogP contribution >= 0.6 is 22.2 Å². The van der Waals surface area contributed by atoms with Crippen LogP contribution in [0.15, 0.2) is 30.3 Å². The highest BCUT2D eigenvalue weighted by atomic mass is 35.7. The summed E-state index contributed by atoms with van der Waals surface area (Å²) in [6.45, 7) is 4.27. The van der Waals surface area contributed by atoms with Crippen molar-refractivity contribution in [2.75, 3.05) is 0 Å². The first-order valence-corrected chi connectivity index (χ1v) is 8.41. The highest BCUT2D eigenvalue weighted by molar-refractivity contribution is 7.35. The Morgan fingerprint density at radius 2 is 1.69 bits per heavy atom. The number of rotatable bonds is 3. The number of halogens is 2.